The predicted molar refractivity (Wildman–Crippen MR) is 108 cm³/mol. The second-order valence-electron chi connectivity index (χ2n) is 6.59. The zero-order chi connectivity index (χ0) is 19.1. The highest BCUT2D eigenvalue weighted by Gasteiger charge is 2.06. The lowest BCUT2D eigenvalue weighted by molar-refractivity contribution is -0.117. The van der Waals surface area contributed by atoms with Crippen LogP contribution in [0, 0.1) is 12.8 Å². The molecule has 138 valence electrons. The van der Waals surface area contributed by atoms with Gasteiger partial charge in [-0.1, -0.05) is 31.5 Å². The topological polar surface area (TPSA) is 70.2 Å². The smallest absolute Gasteiger partial charge is 0.243 e. The Morgan fingerprint density at radius 2 is 1.46 bits per heavy atom. The monoisotopic (exact) mass is 373 g/mol. The third-order valence-corrected chi connectivity index (χ3v) is 4.08. The Morgan fingerprint density at radius 3 is 2.00 bits per heavy atom. The summed E-state index contributed by atoms with van der Waals surface area (Å²) in [6.07, 6.45) is 0.479. The Hall–Kier alpha value is -2.53. The number of hydrogen-bond acceptors (Lipinski definition) is 3. The van der Waals surface area contributed by atoms with Gasteiger partial charge < -0.3 is 16.0 Å². The minimum atomic E-state index is -0.168. The molecule has 0 saturated carbocycles. The van der Waals surface area contributed by atoms with Crippen LogP contribution in [0.5, 0.6) is 0 Å². The third kappa shape index (κ3) is 6.41. The van der Waals surface area contributed by atoms with Crippen LogP contribution in [0.4, 0.5) is 17.1 Å². The van der Waals surface area contributed by atoms with Gasteiger partial charge in [0.15, 0.2) is 0 Å². The molecule has 0 saturated heterocycles. The average molecular weight is 374 g/mol. The fourth-order valence-electron chi connectivity index (χ4n) is 2.31. The maximum absolute atomic E-state index is 12.0. The number of carbonyl (C=O) groups excluding carboxylic acids is 2. The molecule has 0 fully saturated rings. The van der Waals surface area contributed by atoms with Crippen molar-refractivity contribution < 1.29 is 9.59 Å². The van der Waals surface area contributed by atoms with E-state index in [1.807, 2.05) is 32.9 Å². The summed E-state index contributed by atoms with van der Waals surface area (Å²) in [6, 6.07) is 12.6. The number of nitrogens with one attached hydrogen (secondary N) is 3. The van der Waals surface area contributed by atoms with Gasteiger partial charge in [-0.2, -0.15) is 0 Å². The summed E-state index contributed by atoms with van der Waals surface area (Å²) in [7, 11) is 0. The van der Waals surface area contributed by atoms with Gasteiger partial charge in [-0.25, -0.2) is 0 Å². The molecule has 0 aliphatic heterocycles. The number of rotatable bonds is 7. The largest absolute Gasteiger partial charge is 0.376 e. The van der Waals surface area contributed by atoms with Crippen molar-refractivity contribution in [1.82, 2.24) is 0 Å². The summed E-state index contributed by atoms with van der Waals surface area (Å²) in [6.45, 7) is 6.05. The molecule has 2 amide bonds. The molecule has 0 aliphatic rings. The first-order valence-electron chi connectivity index (χ1n) is 8.53. The zero-order valence-corrected chi connectivity index (χ0v) is 16.0. The third-order valence-electron chi connectivity index (χ3n) is 3.67. The Labute approximate surface area is 159 Å². The van der Waals surface area contributed by atoms with Crippen LogP contribution in [0.3, 0.4) is 0 Å². The van der Waals surface area contributed by atoms with Crippen LogP contribution in [0.15, 0.2) is 42.5 Å². The molecule has 0 aliphatic carbocycles. The van der Waals surface area contributed by atoms with Crippen LogP contribution in [0.2, 0.25) is 5.02 Å². The summed E-state index contributed by atoms with van der Waals surface area (Å²) < 4.78 is 0. The lowest BCUT2D eigenvalue weighted by Crippen LogP contribution is -2.21. The predicted octanol–water partition coefficient (Wildman–Crippen LogP) is 4.68. The first-order chi connectivity index (χ1) is 12.3. The van der Waals surface area contributed by atoms with Crippen LogP contribution < -0.4 is 16.0 Å². The fraction of sp³-hybridized carbons (Fsp3) is 0.300. The van der Waals surface area contributed by atoms with E-state index >= 15 is 0 Å². The van der Waals surface area contributed by atoms with Crippen molar-refractivity contribution in [2.75, 3.05) is 22.5 Å². The van der Waals surface area contributed by atoms with Crippen molar-refractivity contribution in [2.24, 2.45) is 5.92 Å². The highest BCUT2D eigenvalue weighted by atomic mass is 35.5. The molecule has 0 heterocycles. The Kier molecular flexibility index (Phi) is 7.04. The number of hydrogen-bond donors (Lipinski definition) is 3. The number of amides is 2. The van der Waals surface area contributed by atoms with Crippen molar-refractivity contribution >= 4 is 40.5 Å². The first kappa shape index (κ1) is 19.8. The molecule has 5 nitrogen and oxygen atoms in total. The normalized spacial score (nSPS) is 10.5. The molecule has 0 atom stereocenters. The molecule has 3 N–H and O–H groups in total. The molecule has 0 unspecified atom stereocenters. The summed E-state index contributed by atoms with van der Waals surface area (Å²) in [5.41, 5.74) is 3.16. The number of benzene rings is 2. The Bertz CT molecular complexity index is 773. The summed E-state index contributed by atoms with van der Waals surface area (Å²) in [5, 5.41) is 9.33. The number of anilines is 3. The molecule has 2 aromatic rings. The highest BCUT2D eigenvalue weighted by molar-refractivity contribution is 6.31. The van der Waals surface area contributed by atoms with Crippen LogP contribution in [-0.2, 0) is 9.59 Å². The van der Waals surface area contributed by atoms with Crippen LogP contribution in [0.25, 0.3) is 0 Å². The van der Waals surface area contributed by atoms with E-state index in [9.17, 15) is 9.59 Å². The summed E-state index contributed by atoms with van der Waals surface area (Å²) in [4.78, 5) is 23.8. The second kappa shape index (κ2) is 9.25. The molecule has 6 heteroatoms. The van der Waals surface area contributed by atoms with Crippen molar-refractivity contribution in [2.45, 2.75) is 27.2 Å². The fourth-order valence-corrected chi connectivity index (χ4v) is 2.49. The molecule has 0 aromatic heterocycles. The van der Waals surface area contributed by atoms with Gasteiger partial charge in [-0.05, 0) is 54.8 Å². The maximum atomic E-state index is 12.0. The standard InChI is InChI=1S/C20H24ClN3O2/c1-13(2)10-19(25)23-15-6-8-16(9-7-15)24-20(26)12-22-17-5-4-14(3)18(21)11-17/h4-9,11,13,22H,10,12H2,1-3H3,(H,23,25)(H,24,26). The SMILES string of the molecule is Cc1ccc(NCC(=O)Nc2ccc(NC(=O)CC(C)C)cc2)cc1Cl. The summed E-state index contributed by atoms with van der Waals surface area (Å²) >= 11 is 6.07. The molecular formula is C20H24ClN3O2. The average Bonchev–Trinajstić information content (AvgIpc) is 2.57. The van der Waals surface area contributed by atoms with Gasteiger partial charge in [-0.15, -0.1) is 0 Å². The molecule has 2 rings (SSSR count). The molecular weight excluding hydrogens is 350 g/mol. The van der Waals surface area contributed by atoms with Crippen LogP contribution in [0.1, 0.15) is 25.8 Å². The van der Waals surface area contributed by atoms with Gasteiger partial charge in [0.25, 0.3) is 0 Å². The molecule has 0 radical (unpaired) electrons. The number of aryl methyl sites for hydroxylation is 1. The van der Waals surface area contributed by atoms with Crippen molar-refractivity contribution in [3.05, 3.63) is 53.1 Å². The van der Waals surface area contributed by atoms with E-state index in [0.29, 0.717) is 28.7 Å². The van der Waals surface area contributed by atoms with Gasteiger partial charge in [0, 0.05) is 28.5 Å². The van der Waals surface area contributed by atoms with Gasteiger partial charge in [0.2, 0.25) is 11.8 Å². The lowest BCUT2D eigenvalue weighted by atomic mass is 10.1. The number of halogens is 1. The van der Waals surface area contributed by atoms with E-state index < -0.39 is 0 Å². The molecule has 0 bridgehead atoms. The van der Waals surface area contributed by atoms with E-state index in [1.54, 1.807) is 30.3 Å². The van der Waals surface area contributed by atoms with E-state index in [1.165, 1.54) is 0 Å². The van der Waals surface area contributed by atoms with Gasteiger partial charge >= 0.3 is 0 Å². The first-order valence-corrected chi connectivity index (χ1v) is 8.91. The molecule has 26 heavy (non-hydrogen) atoms. The lowest BCUT2D eigenvalue weighted by Gasteiger charge is -2.10. The van der Waals surface area contributed by atoms with Crippen LogP contribution in [-0.4, -0.2) is 18.4 Å². The zero-order valence-electron chi connectivity index (χ0n) is 15.2. The minimum Gasteiger partial charge on any atom is -0.376 e. The summed E-state index contributed by atoms with van der Waals surface area (Å²) in [5.74, 6) is 0.125. The Balaban J connectivity index is 1.83. The van der Waals surface area contributed by atoms with Gasteiger partial charge in [0.1, 0.15) is 0 Å². The molecule has 0 spiro atoms. The van der Waals surface area contributed by atoms with Gasteiger partial charge in [0.05, 0.1) is 6.54 Å². The van der Waals surface area contributed by atoms with Crippen LogP contribution >= 0.6 is 11.6 Å². The van der Waals surface area contributed by atoms with E-state index in [-0.39, 0.29) is 18.4 Å². The number of carbonyl (C=O) groups is 2. The van der Waals surface area contributed by atoms with E-state index in [0.717, 1.165) is 11.3 Å². The highest BCUT2D eigenvalue weighted by Crippen LogP contribution is 2.20. The van der Waals surface area contributed by atoms with Crippen molar-refractivity contribution in [3.63, 3.8) is 0 Å². The maximum Gasteiger partial charge on any atom is 0.243 e. The molecule has 2 aromatic carbocycles. The van der Waals surface area contributed by atoms with Crippen molar-refractivity contribution in [3.8, 4) is 0 Å². The Morgan fingerprint density at radius 1 is 0.923 bits per heavy atom. The van der Waals surface area contributed by atoms with E-state index in [4.69, 9.17) is 11.6 Å². The minimum absolute atomic E-state index is 0.0160. The van der Waals surface area contributed by atoms with E-state index in [2.05, 4.69) is 16.0 Å². The second-order valence-corrected chi connectivity index (χ2v) is 7.00. The van der Waals surface area contributed by atoms with Crippen molar-refractivity contribution in [1.29, 1.82) is 0 Å². The van der Waals surface area contributed by atoms with Gasteiger partial charge in [-0.3, -0.25) is 9.59 Å². The quantitative estimate of drug-likeness (QED) is 0.659.